The zero-order chi connectivity index (χ0) is 12.3. The van der Waals surface area contributed by atoms with E-state index in [2.05, 4.69) is 0 Å². The smallest absolute Gasteiger partial charge is 0.241 e. The van der Waals surface area contributed by atoms with Crippen molar-refractivity contribution in [3.05, 3.63) is 23.3 Å². The molecule has 1 aromatic carbocycles. The topological polar surface area (TPSA) is 29.5 Å². The molecule has 1 aromatic rings. The van der Waals surface area contributed by atoms with Gasteiger partial charge in [0.15, 0.2) is 0 Å². The molecular weight excluding hydrogens is 226 g/mol. The molecule has 0 saturated heterocycles. The first-order chi connectivity index (χ1) is 7.51. The van der Waals surface area contributed by atoms with Crippen molar-refractivity contribution in [1.82, 2.24) is 0 Å². The second-order valence-electron chi connectivity index (χ2n) is 3.72. The van der Waals surface area contributed by atoms with Crippen molar-refractivity contribution in [2.24, 2.45) is 0 Å². The van der Waals surface area contributed by atoms with Crippen molar-refractivity contribution in [2.75, 3.05) is 24.9 Å². The molecule has 4 heteroatoms. The number of benzene rings is 1. The molecule has 0 aliphatic rings. The molecule has 0 spiro atoms. The fraction of sp³-hybridized carbons (Fsp3) is 0.417. The summed E-state index contributed by atoms with van der Waals surface area (Å²) < 4.78 is 5.29. The number of nitrogens with zero attached hydrogens (tertiary/aromatic N) is 1. The van der Waals surface area contributed by atoms with E-state index < -0.39 is 0 Å². The Balaban J connectivity index is 3.26. The highest BCUT2D eigenvalue weighted by molar-refractivity contribution is 6.29. The van der Waals surface area contributed by atoms with Gasteiger partial charge in [0.25, 0.3) is 0 Å². The molecule has 0 atom stereocenters. The minimum atomic E-state index is -0.146. The fourth-order valence-electron chi connectivity index (χ4n) is 1.72. The van der Waals surface area contributed by atoms with Crippen LogP contribution in [0.3, 0.4) is 0 Å². The van der Waals surface area contributed by atoms with Gasteiger partial charge in [0.1, 0.15) is 11.6 Å². The first-order valence-electron chi connectivity index (χ1n) is 4.99. The van der Waals surface area contributed by atoms with Gasteiger partial charge in [-0.2, -0.15) is 0 Å². The van der Waals surface area contributed by atoms with E-state index in [1.165, 1.54) is 4.90 Å². The molecule has 0 heterocycles. The van der Waals surface area contributed by atoms with Crippen LogP contribution >= 0.6 is 11.6 Å². The normalized spacial score (nSPS) is 10.1. The molecule has 0 fully saturated rings. The number of aryl methyl sites for hydroxylation is 2. The SMILES string of the molecule is COc1cc(C)cc(C)c1N(C)C(=O)CCl. The van der Waals surface area contributed by atoms with E-state index in [0.717, 1.165) is 16.8 Å². The summed E-state index contributed by atoms with van der Waals surface area (Å²) in [4.78, 5) is 13.1. The molecule has 0 unspecified atom stereocenters. The van der Waals surface area contributed by atoms with E-state index >= 15 is 0 Å². The van der Waals surface area contributed by atoms with E-state index in [-0.39, 0.29) is 11.8 Å². The second kappa shape index (κ2) is 5.21. The molecule has 3 nitrogen and oxygen atoms in total. The van der Waals surface area contributed by atoms with Crippen molar-refractivity contribution in [3.63, 3.8) is 0 Å². The number of hydrogen-bond acceptors (Lipinski definition) is 2. The van der Waals surface area contributed by atoms with Crippen LogP contribution in [0.5, 0.6) is 5.75 Å². The van der Waals surface area contributed by atoms with Crippen LogP contribution in [-0.2, 0) is 4.79 Å². The summed E-state index contributed by atoms with van der Waals surface area (Å²) in [7, 11) is 3.29. The third-order valence-corrected chi connectivity index (χ3v) is 2.68. The summed E-state index contributed by atoms with van der Waals surface area (Å²) >= 11 is 5.54. The molecule has 0 radical (unpaired) electrons. The van der Waals surface area contributed by atoms with Gasteiger partial charge < -0.3 is 9.64 Å². The maximum Gasteiger partial charge on any atom is 0.241 e. The van der Waals surface area contributed by atoms with Crippen molar-refractivity contribution in [3.8, 4) is 5.75 Å². The Bertz CT molecular complexity index is 404. The van der Waals surface area contributed by atoms with Gasteiger partial charge in [-0.1, -0.05) is 6.07 Å². The van der Waals surface area contributed by atoms with Crippen molar-refractivity contribution < 1.29 is 9.53 Å². The van der Waals surface area contributed by atoms with E-state index in [0.29, 0.717) is 5.75 Å². The average molecular weight is 242 g/mol. The van der Waals surface area contributed by atoms with Gasteiger partial charge >= 0.3 is 0 Å². The van der Waals surface area contributed by atoms with E-state index in [9.17, 15) is 4.79 Å². The highest BCUT2D eigenvalue weighted by atomic mass is 35.5. The Morgan fingerprint density at radius 1 is 1.44 bits per heavy atom. The monoisotopic (exact) mass is 241 g/mol. The number of carbonyl (C=O) groups is 1. The van der Waals surface area contributed by atoms with Crippen LogP contribution in [0.1, 0.15) is 11.1 Å². The molecule has 16 heavy (non-hydrogen) atoms. The number of halogens is 1. The van der Waals surface area contributed by atoms with Crippen molar-refractivity contribution in [2.45, 2.75) is 13.8 Å². The van der Waals surface area contributed by atoms with Crippen LogP contribution in [0, 0.1) is 13.8 Å². The van der Waals surface area contributed by atoms with Crippen LogP contribution in [0.4, 0.5) is 5.69 Å². The lowest BCUT2D eigenvalue weighted by molar-refractivity contribution is -0.116. The lowest BCUT2D eigenvalue weighted by atomic mass is 10.1. The predicted octanol–water partition coefficient (Wildman–Crippen LogP) is 2.51. The van der Waals surface area contributed by atoms with Crippen LogP contribution in [-0.4, -0.2) is 25.9 Å². The van der Waals surface area contributed by atoms with Gasteiger partial charge in [0.05, 0.1) is 12.8 Å². The Labute approximate surface area is 101 Å². The molecule has 88 valence electrons. The zero-order valence-corrected chi connectivity index (χ0v) is 10.8. The lowest BCUT2D eigenvalue weighted by Crippen LogP contribution is -2.28. The maximum absolute atomic E-state index is 11.6. The summed E-state index contributed by atoms with van der Waals surface area (Å²) in [5.74, 6) is 0.512. The summed E-state index contributed by atoms with van der Waals surface area (Å²) in [6, 6.07) is 3.91. The van der Waals surface area contributed by atoms with Gasteiger partial charge in [-0.3, -0.25) is 4.79 Å². The molecule has 0 saturated carbocycles. The quantitative estimate of drug-likeness (QED) is 0.761. The standard InChI is InChI=1S/C12H16ClNO2/c1-8-5-9(2)12(10(6-8)16-4)14(3)11(15)7-13/h5-6H,7H2,1-4H3. The average Bonchev–Trinajstić information content (AvgIpc) is 2.26. The number of methoxy groups -OCH3 is 1. The number of carbonyl (C=O) groups excluding carboxylic acids is 1. The molecular formula is C12H16ClNO2. The minimum absolute atomic E-state index is 0.0348. The number of ether oxygens (including phenoxy) is 1. The van der Waals surface area contributed by atoms with Gasteiger partial charge in [-0.05, 0) is 31.0 Å². The number of hydrogen-bond donors (Lipinski definition) is 0. The van der Waals surface area contributed by atoms with E-state index in [1.807, 2.05) is 26.0 Å². The van der Waals surface area contributed by atoms with Crippen LogP contribution in [0.15, 0.2) is 12.1 Å². The Morgan fingerprint density at radius 3 is 2.56 bits per heavy atom. The second-order valence-corrected chi connectivity index (χ2v) is 3.99. The third kappa shape index (κ3) is 2.47. The van der Waals surface area contributed by atoms with Crippen molar-refractivity contribution >= 4 is 23.2 Å². The highest BCUT2D eigenvalue weighted by Gasteiger charge is 2.17. The fourth-order valence-corrected chi connectivity index (χ4v) is 1.90. The number of rotatable bonds is 3. The molecule has 0 N–H and O–H groups in total. The minimum Gasteiger partial charge on any atom is -0.495 e. The molecule has 1 amide bonds. The molecule has 0 aromatic heterocycles. The summed E-state index contributed by atoms with van der Waals surface area (Å²) in [6.45, 7) is 3.94. The van der Waals surface area contributed by atoms with Gasteiger partial charge in [-0.25, -0.2) is 0 Å². The molecule has 0 aliphatic carbocycles. The molecule has 1 rings (SSSR count). The zero-order valence-electron chi connectivity index (χ0n) is 10.0. The summed E-state index contributed by atoms with van der Waals surface area (Å²) in [6.07, 6.45) is 0. The summed E-state index contributed by atoms with van der Waals surface area (Å²) in [5, 5.41) is 0. The predicted molar refractivity (Wildman–Crippen MR) is 66.6 cm³/mol. The Morgan fingerprint density at radius 2 is 2.06 bits per heavy atom. The van der Waals surface area contributed by atoms with E-state index in [4.69, 9.17) is 16.3 Å². The first-order valence-corrected chi connectivity index (χ1v) is 5.52. The molecule has 0 aliphatic heterocycles. The Hall–Kier alpha value is -1.22. The van der Waals surface area contributed by atoms with Gasteiger partial charge in [0.2, 0.25) is 5.91 Å². The van der Waals surface area contributed by atoms with Crippen molar-refractivity contribution in [1.29, 1.82) is 0 Å². The number of amides is 1. The van der Waals surface area contributed by atoms with Gasteiger partial charge in [-0.15, -0.1) is 11.6 Å². The lowest BCUT2D eigenvalue weighted by Gasteiger charge is -2.21. The highest BCUT2D eigenvalue weighted by Crippen LogP contribution is 2.32. The van der Waals surface area contributed by atoms with Crippen LogP contribution in [0.25, 0.3) is 0 Å². The van der Waals surface area contributed by atoms with E-state index in [1.54, 1.807) is 14.2 Å². The molecule has 0 bridgehead atoms. The number of anilines is 1. The van der Waals surface area contributed by atoms with Crippen LogP contribution in [0.2, 0.25) is 0 Å². The summed E-state index contributed by atoms with van der Waals surface area (Å²) in [5.41, 5.74) is 2.88. The first kappa shape index (κ1) is 12.8. The maximum atomic E-state index is 11.6. The third-order valence-electron chi connectivity index (χ3n) is 2.45. The largest absolute Gasteiger partial charge is 0.495 e. The number of alkyl halides is 1. The van der Waals surface area contributed by atoms with Crippen LogP contribution < -0.4 is 9.64 Å². The Kier molecular flexibility index (Phi) is 4.19. The van der Waals surface area contributed by atoms with Gasteiger partial charge in [0, 0.05) is 7.05 Å².